The number of aromatic nitrogens is 1. The van der Waals surface area contributed by atoms with E-state index in [4.69, 9.17) is 5.73 Å². The number of thioether (sulfide) groups is 1. The molecule has 1 aliphatic heterocycles. The third-order valence-corrected chi connectivity index (χ3v) is 6.23. The smallest absolute Gasteiger partial charge is 0.245 e. The Morgan fingerprint density at radius 3 is 2.70 bits per heavy atom. The van der Waals surface area contributed by atoms with E-state index in [2.05, 4.69) is 4.98 Å². The predicted octanol–water partition coefficient (Wildman–Crippen LogP) is 1.55. The molecule has 0 unspecified atom stereocenters. The largest absolute Gasteiger partial charge is 0.398 e. The molecule has 0 atom stereocenters. The number of benzene rings is 1. The minimum atomic E-state index is -3.50. The van der Waals surface area contributed by atoms with Crippen LogP contribution >= 0.6 is 11.8 Å². The number of hydrogen-bond donors (Lipinski definition) is 1. The molecule has 1 aromatic heterocycles. The van der Waals surface area contributed by atoms with E-state index >= 15 is 0 Å². The van der Waals surface area contributed by atoms with Gasteiger partial charge in [-0.1, -0.05) is 0 Å². The molecule has 7 heteroatoms. The summed E-state index contributed by atoms with van der Waals surface area (Å²) in [7, 11) is -3.50. The van der Waals surface area contributed by atoms with Gasteiger partial charge in [-0.2, -0.15) is 16.1 Å². The molecule has 1 saturated heterocycles. The number of fused-ring (bicyclic) bond motifs is 1. The molecule has 1 aromatic carbocycles. The summed E-state index contributed by atoms with van der Waals surface area (Å²) >= 11 is 1.77. The minimum absolute atomic E-state index is 0.245. The van der Waals surface area contributed by atoms with Crippen LogP contribution in [0.4, 0.5) is 5.69 Å². The molecule has 1 aliphatic rings. The highest BCUT2D eigenvalue weighted by molar-refractivity contribution is 7.99. The van der Waals surface area contributed by atoms with Gasteiger partial charge in [0, 0.05) is 41.9 Å². The summed E-state index contributed by atoms with van der Waals surface area (Å²) in [5.41, 5.74) is 6.89. The molecular formula is C13H15N3O2S2. The van der Waals surface area contributed by atoms with Crippen LogP contribution in [0.25, 0.3) is 10.9 Å². The molecule has 20 heavy (non-hydrogen) atoms. The normalized spacial score (nSPS) is 17.4. The standard InChI is InChI=1S/C13H15N3O2S2/c14-11-3-4-12(13-10(11)2-1-5-15-13)20(17,18)16-6-8-19-9-7-16/h1-5H,6-9,14H2. The summed E-state index contributed by atoms with van der Waals surface area (Å²) in [5.74, 6) is 1.67. The molecule has 0 aliphatic carbocycles. The number of nitrogens with two attached hydrogens (primary N) is 1. The van der Waals surface area contributed by atoms with Crippen molar-refractivity contribution in [2.75, 3.05) is 30.3 Å². The topological polar surface area (TPSA) is 76.3 Å². The van der Waals surface area contributed by atoms with E-state index in [1.54, 1.807) is 42.2 Å². The number of pyridine rings is 1. The number of hydrogen-bond acceptors (Lipinski definition) is 5. The first-order valence-corrected chi connectivity index (χ1v) is 8.91. The lowest BCUT2D eigenvalue weighted by molar-refractivity contribution is 0.444. The van der Waals surface area contributed by atoms with Crippen molar-refractivity contribution in [2.24, 2.45) is 0 Å². The van der Waals surface area contributed by atoms with Crippen molar-refractivity contribution in [3.05, 3.63) is 30.5 Å². The highest BCUT2D eigenvalue weighted by Crippen LogP contribution is 2.29. The van der Waals surface area contributed by atoms with Gasteiger partial charge in [0.15, 0.2) is 0 Å². The number of rotatable bonds is 2. The Morgan fingerprint density at radius 2 is 1.95 bits per heavy atom. The molecule has 2 N–H and O–H groups in total. The van der Waals surface area contributed by atoms with E-state index in [9.17, 15) is 8.42 Å². The Hall–Kier alpha value is -1.31. The van der Waals surface area contributed by atoms with Crippen LogP contribution in [0.2, 0.25) is 0 Å². The molecule has 5 nitrogen and oxygen atoms in total. The second kappa shape index (κ2) is 5.23. The van der Waals surface area contributed by atoms with Crippen LogP contribution in [0.5, 0.6) is 0 Å². The highest BCUT2D eigenvalue weighted by Gasteiger charge is 2.28. The van der Waals surface area contributed by atoms with E-state index < -0.39 is 10.0 Å². The van der Waals surface area contributed by atoms with Crippen molar-refractivity contribution in [1.29, 1.82) is 0 Å². The predicted molar refractivity (Wildman–Crippen MR) is 82.2 cm³/mol. The second-order valence-corrected chi connectivity index (χ2v) is 7.70. The van der Waals surface area contributed by atoms with Crippen LogP contribution < -0.4 is 5.73 Å². The van der Waals surface area contributed by atoms with Crippen LogP contribution in [0.3, 0.4) is 0 Å². The van der Waals surface area contributed by atoms with E-state index in [0.717, 1.165) is 11.5 Å². The van der Waals surface area contributed by atoms with Crippen LogP contribution in [-0.4, -0.2) is 42.3 Å². The summed E-state index contributed by atoms with van der Waals surface area (Å²) in [4.78, 5) is 4.46. The van der Waals surface area contributed by atoms with Crippen molar-refractivity contribution in [2.45, 2.75) is 4.90 Å². The van der Waals surface area contributed by atoms with Gasteiger partial charge in [-0.05, 0) is 24.3 Å². The lowest BCUT2D eigenvalue weighted by atomic mass is 10.2. The Bertz CT molecular complexity index is 740. The number of anilines is 1. The molecule has 0 amide bonds. The van der Waals surface area contributed by atoms with Crippen LogP contribution in [0.15, 0.2) is 35.4 Å². The number of nitrogens with zero attached hydrogens (tertiary/aromatic N) is 2. The second-order valence-electron chi connectivity index (χ2n) is 4.57. The fourth-order valence-corrected chi connectivity index (χ4v) is 5.03. The lowest BCUT2D eigenvalue weighted by Crippen LogP contribution is -2.38. The first kappa shape index (κ1) is 13.7. The van der Waals surface area contributed by atoms with Crippen LogP contribution in [-0.2, 0) is 10.0 Å². The molecular weight excluding hydrogens is 294 g/mol. The third kappa shape index (κ3) is 2.25. The van der Waals surface area contributed by atoms with E-state index in [1.165, 1.54) is 4.31 Å². The first-order chi connectivity index (χ1) is 9.60. The Morgan fingerprint density at radius 1 is 1.20 bits per heavy atom. The molecule has 0 spiro atoms. The maximum atomic E-state index is 12.7. The average molecular weight is 309 g/mol. The van der Waals surface area contributed by atoms with Gasteiger partial charge in [-0.15, -0.1) is 0 Å². The molecule has 0 radical (unpaired) electrons. The summed E-state index contributed by atoms with van der Waals surface area (Å²) in [6.07, 6.45) is 1.59. The van der Waals surface area contributed by atoms with Crippen molar-refractivity contribution >= 4 is 38.4 Å². The van der Waals surface area contributed by atoms with E-state index in [1.807, 2.05) is 0 Å². The lowest BCUT2D eigenvalue weighted by Gasteiger charge is -2.26. The Kier molecular flexibility index (Phi) is 3.57. The van der Waals surface area contributed by atoms with Gasteiger partial charge in [-0.25, -0.2) is 8.42 Å². The molecule has 3 rings (SSSR count). The maximum absolute atomic E-state index is 12.7. The molecule has 0 bridgehead atoms. The van der Waals surface area contributed by atoms with Gasteiger partial charge >= 0.3 is 0 Å². The summed E-state index contributed by atoms with van der Waals surface area (Å²) < 4.78 is 27.0. The third-order valence-electron chi connectivity index (χ3n) is 3.35. The zero-order valence-corrected chi connectivity index (χ0v) is 12.5. The summed E-state index contributed by atoms with van der Waals surface area (Å²) in [6.45, 7) is 1.09. The maximum Gasteiger partial charge on any atom is 0.245 e. The van der Waals surface area contributed by atoms with Gasteiger partial charge in [-0.3, -0.25) is 4.98 Å². The molecule has 2 heterocycles. The van der Waals surface area contributed by atoms with Crippen molar-refractivity contribution < 1.29 is 8.42 Å². The Labute approximate surface area is 122 Å². The highest BCUT2D eigenvalue weighted by atomic mass is 32.2. The van der Waals surface area contributed by atoms with Crippen molar-refractivity contribution in [1.82, 2.24) is 9.29 Å². The average Bonchev–Trinajstić information content (AvgIpc) is 2.48. The van der Waals surface area contributed by atoms with Crippen LogP contribution in [0, 0.1) is 0 Å². The molecule has 106 valence electrons. The Balaban J connectivity index is 2.16. The van der Waals surface area contributed by atoms with Gasteiger partial charge in [0.2, 0.25) is 10.0 Å². The zero-order chi connectivity index (χ0) is 14.2. The molecule has 0 saturated carbocycles. The number of sulfonamides is 1. The summed E-state index contributed by atoms with van der Waals surface area (Å²) in [6, 6.07) is 6.74. The van der Waals surface area contributed by atoms with Crippen LogP contribution in [0.1, 0.15) is 0 Å². The van der Waals surface area contributed by atoms with Gasteiger partial charge in [0.05, 0.1) is 5.52 Å². The molecule has 1 fully saturated rings. The van der Waals surface area contributed by atoms with E-state index in [0.29, 0.717) is 29.7 Å². The van der Waals surface area contributed by atoms with Gasteiger partial charge in [0.25, 0.3) is 0 Å². The minimum Gasteiger partial charge on any atom is -0.398 e. The fraction of sp³-hybridized carbons (Fsp3) is 0.308. The SMILES string of the molecule is Nc1ccc(S(=O)(=O)N2CCSCC2)c2ncccc12. The van der Waals surface area contributed by atoms with Crippen molar-refractivity contribution in [3.63, 3.8) is 0 Å². The number of nitrogen functional groups attached to an aromatic ring is 1. The molecule has 2 aromatic rings. The quantitative estimate of drug-likeness (QED) is 0.852. The monoisotopic (exact) mass is 309 g/mol. The van der Waals surface area contributed by atoms with Crippen molar-refractivity contribution in [3.8, 4) is 0 Å². The summed E-state index contributed by atoms with van der Waals surface area (Å²) in [5, 5.41) is 0.681. The van der Waals surface area contributed by atoms with E-state index in [-0.39, 0.29) is 4.90 Å². The first-order valence-electron chi connectivity index (χ1n) is 6.32. The van der Waals surface area contributed by atoms with Gasteiger partial charge in [0.1, 0.15) is 4.90 Å². The zero-order valence-electron chi connectivity index (χ0n) is 10.8. The fourth-order valence-electron chi connectivity index (χ4n) is 2.30. The van der Waals surface area contributed by atoms with Gasteiger partial charge < -0.3 is 5.73 Å².